The first-order valence-corrected chi connectivity index (χ1v) is 12.1. The van der Waals surface area contributed by atoms with E-state index >= 15 is 0 Å². The van der Waals surface area contributed by atoms with Gasteiger partial charge in [0.05, 0.1) is 18.8 Å². The van der Waals surface area contributed by atoms with E-state index in [-0.39, 0.29) is 12.0 Å². The maximum Gasteiger partial charge on any atom is 0.410 e. The van der Waals surface area contributed by atoms with Gasteiger partial charge in [-0.1, -0.05) is 12.1 Å². The molecule has 3 rings (SSSR count). The summed E-state index contributed by atoms with van der Waals surface area (Å²) < 4.78 is 16.9. The predicted octanol–water partition coefficient (Wildman–Crippen LogP) is 3.07. The summed E-state index contributed by atoms with van der Waals surface area (Å²) in [6.07, 6.45) is 2.66. The molecule has 33 heavy (non-hydrogen) atoms. The first kappa shape index (κ1) is 25.3. The molecule has 2 aliphatic rings. The highest BCUT2D eigenvalue weighted by molar-refractivity contribution is 5.96. The number of carbonyl (C=O) groups is 2. The van der Waals surface area contributed by atoms with Gasteiger partial charge < -0.3 is 29.7 Å². The van der Waals surface area contributed by atoms with Gasteiger partial charge in [-0.05, 0) is 70.5 Å². The lowest BCUT2D eigenvalue weighted by Gasteiger charge is -2.34. The normalized spacial score (nSPS) is 21.8. The number of rotatable bonds is 2. The minimum absolute atomic E-state index is 0.117. The second-order valence-electron chi connectivity index (χ2n) is 9.88. The van der Waals surface area contributed by atoms with Crippen molar-refractivity contribution in [2.45, 2.75) is 45.6 Å². The van der Waals surface area contributed by atoms with E-state index in [0.29, 0.717) is 62.6 Å². The molecule has 8 nitrogen and oxygen atoms in total. The zero-order valence-corrected chi connectivity index (χ0v) is 20.2. The number of nitrogens with one attached hydrogen (secondary N) is 2. The first-order valence-electron chi connectivity index (χ1n) is 12.1. The Morgan fingerprint density at radius 3 is 2.61 bits per heavy atom. The number of para-hydroxylation sites is 1. The van der Waals surface area contributed by atoms with E-state index in [0.717, 1.165) is 32.4 Å². The molecule has 0 aromatic heterocycles. The number of nitrogens with zero attached hydrogens (tertiary/aromatic N) is 1. The Kier molecular flexibility index (Phi) is 9.38. The SMILES string of the molecule is CC(C)(C)OC(=O)N1CCC(CC2CNCCOCCOc3ccccc3C(=O)NC2)CC1. The van der Waals surface area contributed by atoms with E-state index in [2.05, 4.69) is 10.6 Å². The van der Waals surface area contributed by atoms with Crippen molar-refractivity contribution < 1.29 is 23.8 Å². The molecule has 0 bridgehead atoms. The van der Waals surface area contributed by atoms with E-state index in [1.54, 1.807) is 6.07 Å². The smallest absolute Gasteiger partial charge is 0.410 e. The fourth-order valence-electron chi connectivity index (χ4n) is 4.26. The number of hydrogen-bond donors (Lipinski definition) is 2. The van der Waals surface area contributed by atoms with Crippen LogP contribution in [-0.2, 0) is 9.47 Å². The number of likely N-dealkylation sites (tertiary alicyclic amines) is 1. The summed E-state index contributed by atoms with van der Waals surface area (Å²) in [5.41, 5.74) is 0.0726. The minimum Gasteiger partial charge on any atom is -0.490 e. The lowest BCUT2D eigenvalue weighted by atomic mass is 9.87. The topological polar surface area (TPSA) is 89.1 Å². The number of piperidine rings is 1. The summed E-state index contributed by atoms with van der Waals surface area (Å²) >= 11 is 0. The van der Waals surface area contributed by atoms with Crippen molar-refractivity contribution in [1.29, 1.82) is 0 Å². The lowest BCUT2D eigenvalue weighted by Crippen LogP contribution is -2.43. The van der Waals surface area contributed by atoms with Gasteiger partial charge in [0, 0.05) is 26.2 Å². The van der Waals surface area contributed by atoms with Crippen LogP contribution in [0.25, 0.3) is 0 Å². The minimum atomic E-state index is -0.475. The molecule has 2 amide bonds. The summed E-state index contributed by atoms with van der Waals surface area (Å²) in [5, 5.41) is 6.57. The van der Waals surface area contributed by atoms with Crippen molar-refractivity contribution in [1.82, 2.24) is 15.5 Å². The van der Waals surface area contributed by atoms with Crippen LogP contribution < -0.4 is 15.4 Å². The maximum atomic E-state index is 12.8. The van der Waals surface area contributed by atoms with Gasteiger partial charge in [-0.25, -0.2) is 4.79 Å². The molecule has 1 aromatic rings. The zero-order chi connectivity index (χ0) is 23.7. The molecule has 1 atom stereocenters. The fraction of sp³-hybridized carbons (Fsp3) is 0.680. The quantitative estimate of drug-likeness (QED) is 0.704. The van der Waals surface area contributed by atoms with Crippen molar-refractivity contribution in [2.24, 2.45) is 11.8 Å². The van der Waals surface area contributed by atoms with Crippen LogP contribution in [0, 0.1) is 11.8 Å². The van der Waals surface area contributed by atoms with E-state index in [4.69, 9.17) is 14.2 Å². The third-order valence-electron chi connectivity index (χ3n) is 5.96. The highest BCUT2D eigenvalue weighted by Crippen LogP contribution is 2.26. The van der Waals surface area contributed by atoms with E-state index in [1.165, 1.54) is 0 Å². The van der Waals surface area contributed by atoms with Gasteiger partial charge in [0.15, 0.2) is 0 Å². The van der Waals surface area contributed by atoms with Gasteiger partial charge in [0.1, 0.15) is 18.0 Å². The Hall–Kier alpha value is -2.32. The molecule has 0 aliphatic carbocycles. The lowest BCUT2D eigenvalue weighted by molar-refractivity contribution is 0.0175. The summed E-state index contributed by atoms with van der Waals surface area (Å²) in [4.78, 5) is 27.0. The average molecular weight is 462 g/mol. The van der Waals surface area contributed by atoms with E-state index < -0.39 is 5.60 Å². The van der Waals surface area contributed by atoms with E-state index in [9.17, 15) is 9.59 Å². The molecule has 1 fully saturated rings. The Morgan fingerprint density at radius 1 is 1.09 bits per heavy atom. The van der Waals surface area contributed by atoms with Gasteiger partial charge in [-0.3, -0.25) is 4.79 Å². The Labute approximate surface area is 197 Å². The van der Waals surface area contributed by atoms with Crippen LogP contribution in [0.2, 0.25) is 0 Å². The molecule has 0 saturated carbocycles. The molecule has 184 valence electrons. The van der Waals surface area contributed by atoms with Crippen LogP contribution in [0.15, 0.2) is 24.3 Å². The molecule has 2 aliphatic heterocycles. The van der Waals surface area contributed by atoms with Gasteiger partial charge >= 0.3 is 6.09 Å². The summed E-state index contributed by atoms with van der Waals surface area (Å²) in [5.74, 6) is 1.27. The number of carbonyl (C=O) groups excluding carboxylic acids is 2. The summed E-state index contributed by atoms with van der Waals surface area (Å²) in [6.45, 7) is 10.8. The predicted molar refractivity (Wildman–Crippen MR) is 127 cm³/mol. The molecule has 1 aromatic carbocycles. The van der Waals surface area contributed by atoms with Gasteiger partial charge in [0.25, 0.3) is 5.91 Å². The molecule has 0 radical (unpaired) electrons. The third-order valence-corrected chi connectivity index (χ3v) is 5.96. The molecule has 2 N–H and O–H groups in total. The number of fused-ring (bicyclic) bond motifs is 1. The summed E-state index contributed by atoms with van der Waals surface area (Å²) in [6, 6.07) is 7.32. The Balaban J connectivity index is 1.55. The Morgan fingerprint density at radius 2 is 1.85 bits per heavy atom. The van der Waals surface area contributed by atoms with Crippen molar-refractivity contribution in [3.8, 4) is 5.75 Å². The van der Waals surface area contributed by atoms with Crippen molar-refractivity contribution in [3.63, 3.8) is 0 Å². The van der Waals surface area contributed by atoms with Crippen LogP contribution in [-0.4, -0.2) is 75.0 Å². The van der Waals surface area contributed by atoms with Gasteiger partial charge in [-0.2, -0.15) is 0 Å². The van der Waals surface area contributed by atoms with Crippen LogP contribution in [0.4, 0.5) is 4.79 Å². The Bertz CT molecular complexity index is 772. The average Bonchev–Trinajstić information content (AvgIpc) is 2.78. The van der Waals surface area contributed by atoms with Crippen LogP contribution in [0.5, 0.6) is 5.75 Å². The standard InChI is InChI=1S/C25H39N3O5/c1-25(2,3)33-24(30)28-11-8-19(9-12-28)16-20-17-26-10-13-31-14-15-32-22-7-5-4-6-21(22)23(29)27-18-20/h4-7,19-20,26H,8-18H2,1-3H3,(H,27,29). The van der Waals surface area contributed by atoms with Crippen LogP contribution >= 0.6 is 0 Å². The number of amides is 2. The monoisotopic (exact) mass is 461 g/mol. The largest absolute Gasteiger partial charge is 0.490 e. The maximum absolute atomic E-state index is 12.8. The summed E-state index contributed by atoms with van der Waals surface area (Å²) in [7, 11) is 0. The number of ether oxygens (including phenoxy) is 3. The molecule has 0 spiro atoms. The molecule has 8 heteroatoms. The molecule has 2 heterocycles. The number of benzene rings is 1. The molecular formula is C25H39N3O5. The number of hydrogen-bond acceptors (Lipinski definition) is 6. The van der Waals surface area contributed by atoms with Crippen molar-refractivity contribution >= 4 is 12.0 Å². The highest BCUT2D eigenvalue weighted by atomic mass is 16.6. The van der Waals surface area contributed by atoms with E-state index in [1.807, 2.05) is 43.9 Å². The van der Waals surface area contributed by atoms with Crippen LogP contribution in [0.1, 0.15) is 50.4 Å². The molecular weight excluding hydrogens is 422 g/mol. The zero-order valence-electron chi connectivity index (χ0n) is 20.2. The first-order chi connectivity index (χ1) is 15.8. The van der Waals surface area contributed by atoms with Crippen molar-refractivity contribution in [2.75, 3.05) is 52.5 Å². The van der Waals surface area contributed by atoms with Crippen molar-refractivity contribution in [3.05, 3.63) is 29.8 Å². The third kappa shape index (κ3) is 8.51. The molecule has 1 saturated heterocycles. The fourth-order valence-corrected chi connectivity index (χ4v) is 4.26. The highest BCUT2D eigenvalue weighted by Gasteiger charge is 2.28. The van der Waals surface area contributed by atoms with Gasteiger partial charge in [-0.15, -0.1) is 0 Å². The second-order valence-corrected chi connectivity index (χ2v) is 9.88. The van der Waals surface area contributed by atoms with Gasteiger partial charge in [0.2, 0.25) is 0 Å². The second kappa shape index (κ2) is 12.2. The molecule has 1 unspecified atom stereocenters. The van der Waals surface area contributed by atoms with Crippen LogP contribution in [0.3, 0.4) is 0 Å².